The summed E-state index contributed by atoms with van der Waals surface area (Å²) in [6, 6.07) is 64.7. The van der Waals surface area contributed by atoms with Gasteiger partial charge in [-0.15, -0.1) is 0 Å². The molecule has 3 radical (unpaired) electrons. The van der Waals surface area contributed by atoms with E-state index in [0.717, 1.165) is 0 Å². The van der Waals surface area contributed by atoms with Gasteiger partial charge in [0, 0.05) is 0 Å². The fraction of sp³-hybridized carbons (Fsp3) is 0. The van der Waals surface area contributed by atoms with Gasteiger partial charge in [-0.25, -0.2) is 0 Å². The molecule has 0 aliphatic carbocycles. The molecule has 6 rings (SSSR count). The first-order valence-electron chi connectivity index (χ1n) is 13.0. The molecule has 0 spiro atoms. The second-order valence-corrected chi connectivity index (χ2v) is 13.1. The van der Waals surface area contributed by atoms with E-state index in [-0.39, 0.29) is 44.9 Å². The van der Waals surface area contributed by atoms with E-state index in [0.29, 0.717) is 0 Å². The van der Waals surface area contributed by atoms with Crippen molar-refractivity contribution < 1.29 is 49.7 Å². The number of halogens is 2. The van der Waals surface area contributed by atoms with Crippen molar-refractivity contribution >= 4 is 54.5 Å². The maximum absolute atomic E-state index is 7.50. The van der Waals surface area contributed by atoms with Crippen LogP contribution in [-0.2, 0) is 24.9 Å². The minimum Gasteiger partial charge on any atom is -1.00 e. The van der Waals surface area contributed by atoms with Crippen LogP contribution in [0.2, 0.25) is 0 Å². The topological polar surface area (TPSA) is 17.1 Å². The number of carbonyl (C=O) groups excluding carboxylic acids is 1. The maximum atomic E-state index is 7.50. The molecule has 1 nitrogen and oxygen atoms in total. The summed E-state index contributed by atoms with van der Waals surface area (Å²) in [5, 5.41) is 8.39. The molecule has 6 aromatic carbocycles. The van der Waals surface area contributed by atoms with Crippen molar-refractivity contribution in [2.24, 2.45) is 0 Å². The molecule has 0 saturated heterocycles. The van der Waals surface area contributed by atoms with Crippen molar-refractivity contribution in [1.82, 2.24) is 0 Å². The Kier molecular flexibility index (Phi) is 19.2. The van der Waals surface area contributed by atoms with Gasteiger partial charge in [0.05, 0.1) is 0 Å². The number of hydrogen-bond acceptors (Lipinski definition) is 1. The third kappa shape index (κ3) is 11.3. The summed E-state index contributed by atoms with van der Waals surface area (Å²) >= 11 is 0. The predicted molar refractivity (Wildman–Crippen MR) is 176 cm³/mol. The van der Waals surface area contributed by atoms with Gasteiger partial charge in [0.25, 0.3) is 6.79 Å². The molecule has 0 aromatic heterocycles. The minimum absolute atomic E-state index is 0. The Labute approximate surface area is 284 Å². The molecule has 0 amide bonds. The summed E-state index contributed by atoms with van der Waals surface area (Å²) < 4.78 is 0. The third-order valence-electron chi connectivity index (χ3n) is 6.09. The zero-order chi connectivity index (χ0) is 27.8. The van der Waals surface area contributed by atoms with Crippen molar-refractivity contribution in [3.8, 4) is 0 Å². The first-order valence-corrected chi connectivity index (χ1v) is 15.7. The largest absolute Gasteiger partial charge is 2.00 e. The molecule has 0 N–H and O–H groups in total. The second-order valence-electron chi connectivity index (χ2n) is 8.68. The molecule has 0 bridgehead atoms. The number of rotatable bonds is 6. The van der Waals surface area contributed by atoms with Crippen LogP contribution in [0.25, 0.3) is 0 Å². The Bertz CT molecular complexity index is 1210. The Hall–Kier alpha value is -2.92. The van der Waals surface area contributed by atoms with E-state index in [9.17, 15) is 0 Å². The number of hydrogen-bond donors (Lipinski definition) is 0. The van der Waals surface area contributed by atoms with E-state index >= 15 is 0 Å². The van der Waals surface area contributed by atoms with Crippen LogP contribution in [0, 0.1) is 0 Å². The molecular formula is C37H30Cl2IrOP2. The van der Waals surface area contributed by atoms with Crippen LogP contribution in [0.15, 0.2) is 182 Å². The SMILES string of the molecule is [C]=O.[Cl-].[Cl-].[Ir+2].c1ccc(P(c2ccccc2)c2ccccc2)cc1.c1ccc(P(c2ccccc2)c2ccccc2)cc1. The summed E-state index contributed by atoms with van der Waals surface area (Å²) in [4.78, 5) is 7.50. The van der Waals surface area contributed by atoms with Crippen LogP contribution < -0.4 is 56.6 Å². The molecule has 0 saturated carbocycles. The summed E-state index contributed by atoms with van der Waals surface area (Å²) in [5.41, 5.74) is 0. The van der Waals surface area contributed by atoms with E-state index in [2.05, 4.69) is 189 Å². The van der Waals surface area contributed by atoms with Gasteiger partial charge in [0.15, 0.2) is 0 Å². The normalized spacial score (nSPS) is 9.44. The Morgan fingerprint density at radius 2 is 0.395 bits per heavy atom. The van der Waals surface area contributed by atoms with Crippen molar-refractivity contribution in [3.05, 3.63) is 182 Å². The molecule has 6 aromatic rings. The van der Waals surface area contributed by atoms with Crippen LogP contribution in [-0.4, -0.2) is 6.79 Å². The second kappa shape index (κ2) is 21.7. The van der Waals surface area contributed by atoms with Crippen LogP contribution >= 0.6 is 15.8 Å². The van der Waals surface area contributed by atoms with E-state index in [4.69, 9.17) is 4.79 Å². The van der Waals surface area contributed by atoms with Crippen molar-refractivity contribution in [3.63, 3.8) is 0 Å². The molecule has 217 valence electrons. The average Bonchev–Trinajstić information content (AvgIpc) is 3.06. The van der Waals surface area contributed by atoms with Gasteiger partial charge >= 0.3 is 20.1 Å². The summed E-state index contributed by atoms with van der Waals surface area (Å²) in [5.74, 6) is 0. The molecule has 0 atom stereocenters. The summed E-state index contributed by atoms with van der Waals surface area (Å²) in [7, 11) is -0.892. The predicted octanol–water partition coefficient (Wildman–Crippen LogP) is 0.498. The van der Waals surface area contributed by atoms with E-state index in [1.807, 2.05) is 0 Å². The van der Waals surface area contributed by atoms with E-state index in [1.165, 1.54) is 31.8 Å². The van der Waals surface area contributed by atoms with E-state index in [1.54, 1.807) is 0 Å². The minimum atomic E-state index is -0.446. The molecule has 0 fully saturated rings. The van der Waals surface area contributed by atoms with Crippen molar-refractivity contribution in [2.75, 3.05) is 0 Å². The van der Waals surface area contributed by atoms with Crippen molar-refractivity contribution in [2.45, 2.75) is 0 Å². The molecule has 6 heteroatoms. The zero-order valence-corrected chi connectivity index (χ0v) is 28.9. The molecule has 0 unspecified atom stereocenters. The van der Waals surface area contributed by atoms with Crippen LogP contribution in [0.3, 0.4) is 0 Å². The molecule has 43 heavy (non-hydrogen) atoms. The van der Waals surface area contributed by atoms with Gasteiger partial charge in [0.1, 0.15) is 0 Å². The monoisotopic (exact) mass is 815 g/mol. The van der Waals surface area contributed by atoms with E-state index < -0.39 is 15.8 Å². The fourth-order valence-electron chi connectivity index (χ4n) is 4.36. The summed E-state index contributed by atoms with van der Waals surface area (Å²) in [6.45, 7) is 4.50. The third-order valence-corrected chi connectivity index (χ3v) is 11.0. The van der Waals surface area contributed by atoms with Crippen LogP contribution in [0.4, 0.5) is 0 Å². The smallest absolute Gasteiger partial charge is 1.00 e. The Morgan fingerprint density at radius 3 is 0.512 bits per heavy atom. The van der Waals surface area contributed by atoms with Gasteiger partial charge in [-0.05, 0) is 47.7 Å². The zero-order valence-electron chi connectivity index (χ0n) is 23.2. The van der Waals surface area contributed by atoms with Crippen LogP contribution in [0.5, 0.6) is 0 Å². The van der Waals surface area contributed by atoms with Crippen molar-refractivity contribution in [1.29, 1.82) is 0 Å². The van der Waals surface area contributed by atoms with Gasteiger partial charge in [-0.2, -0.15) is 0 Å². The Morgan fingerprint density at radius 1 is 0.279 bits per heavy atom. The van der Waals surface area contributed by atoms with Gasteiger partial charge in [0.2, 0.25) is 0 Å². The molecule has 0 aliphatic heterocycles. The molecule has 0 aliphatic rings. The quantitative estimate of drug-likeness (QED) is 0.224. The molecular weight excluding hydrogens is 785 g/mol. The Balaban J connectivity index is 0.000000381. The standard InChI is InChI=1S/2C18H15P.CO.2ClH.Ir/c2*1-4-10-16(11-5-1)19(17-12-6-2-7-13-17)18-14-8-3-9-15-18;1-2;;;/h2*1-15H;;2*1H;/q;;;;;+2/p-2. The first-order chi connectivity index (χ1) is 19.9. The summed E-state index contributed by atoms with van der Waals surface area (Å²) in [6.07, 6.45) is 0. The van der Waals surface area contributed by atoms with Gasteiger partial charge in [-0.3, -0.25) is 4.79 Å². The fourth-order valence-corrected chi connectivity index (χ4v) is 8.97. The maximum Gasteiger partial charge on any atom is 2.00 e. The average molecular weight is 816 g/mol. The van der Waals surface area contributed by atoms with Gasteiger partial charge < -0.3 is 24.8 Å². The first kappa shape index (κ1) is 38.1. The van der Waals surface area contributed by atoms with Gasteiger partial charge in [-0.1, -0.05) is 182 Å². The number of benzene rings is 6. The molecule has 0 heterocycles. The van der Waals surface area contributed by atoms with Crippen LogP contribution in [0.1, 0.15) is 0 Å².